The summed E-state index contributed by atoms with van der Waals surface area (Å²) in [6.07, 6.45) is 4.97. The molecular weight excluding hydrogens is 555 g/mol. The van der Waals surface area contributed by atoms with Gasteiger partial charge in [-0.1, -0.05) is 44.5 Å². The van der Waals surface area contributed by atoms with Gasteiger partial charge in [-0.3, -0.25) is 4.98 Å². The Bertz CT molecular complexity index is 1480. The van der Waals surface area contributed by atoms with E-state index in [1.54, 1.807) is 12.1 Å². The van der Waals surface area contributed by atoms with Crippen LogP contribution in [0.25, 0.3) is 11.1 Å². The van der Waals surface area contributed by atoms with Crippen molar-refractivity contribution in [1.29, 1.82) is 0 Å². The van der Waals surface area contributed by atoms with E-state index >= 15 is 0 Å². The molecule has 236 valence electrons. The average Bonchev–Trinajstić information content (AvgIpc) is 2.94. The molecular formula is C37H47FN2O4. The van der Waals surface area contributed by atoms with Crippen molar-refractivity contribution in [2.24, 2.45) is 5.41 Å². The molecule has 2 aliphatic rings. The van der Waals surface area contributed by atoms with Crippen LogP contribution in [0.1, 0.15) is 95.3 Å². The van der Waals surface area contributed by atoms with Crippen LogP contribution in [-0.2, 0) is 14.9 Å². The van der Waals surface area contributed by atoms with Gasteiger partial charge < -0.3 is 19.5 Å². The molecule has 3 aromatic rings. The van der Waals surface area contributed by atoms with Crippen LogP contribution in [0.5, 0.6) is 5.75 Å². The van der Waals surface area contributed by atoms with Crippen molar-refractivity contribution in [3.05, 3.63) is 76.9 Å². The number of carboxylic acids is 1. The van der Waals surface area contributed by atoms with Crippen molar-refractivity contribution in [2.45, 2.75) is 97.7 Å². The van der Waals surface area contributed by atoms with Crippen molar-refractivity contribution in [3.8, 4) is 16.9 Å². The third-order valence-corrected chi connectivity index (χ3v) is 9.46. The molecule has 1 aliphatic carbocycles. The Morgan fingerprint density at radius 3 is 2.09 bits per heavy atom. The standard InChI is InChI=1S/C37H47FN2O4/c1-24-30(26-9-15-29(16-10-26)43-23-36(6,7)27-11-13-28(38)14-12-27)32(40-21-19-37(20-22-40)17-8-18-37)31(25(2)39-24)33(34(41)42)44-35(3,4)5/h9-16,33H,8,17-23H2,1-7H3,(H,41,42). The Labute approximate surface area is 261 Å². The van der Waals surface area contributed by atoms with Crippen LogP contribution in [0, 0.1) is 25.1 Å². The van der Waals surface area contributed by atoms with Gasteiger partial charge in [0, 0.05) is 41.0 Å². The predicted octanol–water partition coefficient (Wildman–Crippen LogP) is 8.57. The summed E-state index contributed by atoms with van der Waals surface area (Å²) in [5, 5.41) is 10.4. The molecule has 1 atom stereocenters. The molecule has 1 aliphatic heterocycles. The fourth-order valence-corrected chi connectivity index (χ4v) is 6.77. The third kappa shape index (κ3) is 6.78. The quantitative estimate of drug-likeness (QED) is 0.265. The minimum atomic E-state index is -1.15. The Hall–Kier alpha value is -3.45. The summed E-state index contributed by atoms with van der Waals surface area (Å²) in [7, 11) is 0. The number of carboxylic acid groups (broad SMARTS) is 1. The van der Waals surface area contributed by atoms with Crippen molar-refractivity contribution in [2.75, 3.05) is 24.6 Å². The maximum Gasteiger partial charge on any atom is 0.337 e. The zero-order valence-electron chi connectivity index (χ0n) is 27.3. The number of hydrogen-bond acceptors (Lipinski definition) is 5. The van der Waals surface area contributed by atoms with Crippen LogP contribution >= 0.6 is 0 Å². The van der Waals surface area contributed by atoms with Gasteiger partial charge in [-0.15, -0.1) is 0 Å². The highest BCUT2D eigenvalue weighted by Crippen LogP contribution is 2.51. The maximum absolute atomic E-state index is 13.5. The van der Waals surface area contributed by atoms with Crippen LogP contribution in [0.3, 0.4) is 0 Å². The molecule has 2 aromatic carbocycles. The van der Waals surface area contributed by atoms with Crippen LogP contribution in [0.15, 0.2) is 48.5 Å². The first kappa shape index (κ1) is 32.0. The predicted molar refractivity (Wildman–Crippen MR) is 173 cm³/mol. The van der Waals surface area contributed by atoms with E-state index in [4.69, 9.17) is 14.5 Å². The van der Waals surface area contributed by atoms with Gasteiger partial charge in [0.2, 0.25) is 0 Å². The molecule has 0 amide bonds. The minimum Gasteiger partial charge on any atom is -0.493 e. The topological polar surface area (TPSA) is 71.9 Å². The highest BCUT2D eigenvalue weighted by molar-refractivity contribution is 5.88. The summed E-state index contributed by atoms with van der Waals surface area (Å²) in [5.74, 6) is -0.537. The monoisotopic (exact) mass is 602 g/mol. The maximum atomic E-state index is 13.5. The lowest BCUT2D eigenvalue weighted by Crippen LogP contribution is -2.44. The summed E-state index contributed by atoms with van der Waals surface area (Å²) >= 11 is 0. The first-order valence-corrected chi connectivity index (χ1v) is 15.8. The van der Waals surface area contributed by atoms with Gasteiger partial charge in [-0.05, 0) is 101 Å². The van der Waals surface area contributed by atoms with E-state index in [1.165, 1.54) is 31.4 Å². The van der Waals surface area contributed by atoms with Gasteiger partial charge in [-0.25, -0.2) is 9.18 Å². The molecule has 7 heteroatoms. The Morgan fingerprint density at radius 2 is 1.57 bits per heavy atom. The number of ether oxygens (including phenoxy) is 2. The summed E-state index contributed by atoms with van der Waals surface area (Å²) in [6, 6.07) is 14.5. The van der Waals surface area contributed by atoms with Crippen LogP contribution in [-0.4, -0.2) is 41.4 Å². The normalized spacial score (nSPS) is 17.3. The van der Waals surface area contributed by atoms with E-state index in [0.717, 1.165) is 59.8 Å². The molecule has 1 aromatic heterocycles. The molecule has 5 rings (SSSR count). The van der Waals surface area contributed by atoms with E-state index in [0.29, 0.717) is 23.3 Å². The zero-order chi connectivity index (χ0) is 31.9. The lowest BCUT2D eigenvalue weighted by molar-refractivity contribution is -0.160. The van der Waals surface area contributed by atoms with Crippen LogP contribution in [0.2, 0.25) is 0 Å². The number of aromatic nitrogens is 1. The number of halogens is 1. The summed E-state index contributed by atoms with van der Waals surface area (Å²) in [4.78, 5) is 20.0. The molecule has 1 saturated carbocycles. The summed E-state index contributed by atoms with van der Waals surface area (Å²) < 4.78 is 25.9. The van der Waals surface area contributed by atoms with E-state index in [2.05, 4.69) is 18.7 Å². The van der Waals surface area contributed by atoms with Gasteiger partial charge in [0.25, 0.3) is 0 Å². The van der Waals surface area contributed by atoms with Crippen molar-refractivity contribution in [3.63, 3.8) is 0 Å². The third-order valence-electron chi connectivity index (χ3n) is 9.46. The average molecular weight is 603 g/mol. The van der Waals surface area contributed by atoms with Crippen molar-refractivity contribution in [1.82, 2.24) is 4.98 Å². The lowest BCUT2D eigenvalue weighted by Gasteiger charge is -2.49. The Kier molecular flexibility index (Phi) is 8.83. The largest absolute Gasteiger partial charge is 0.493 e. The molecule has 1 N–H and O–H groups in total. The Morgan fingerprint density at radius 1 is 0.955 bits per heavy atom. The SMILES string of the molecule is Cc1nc(C)c(C(OC(C)(C)C)C(=O)O)c(N2CCC3(CCC3)CC2)c1-c1ccc(OCC(C)(C)c2ccc(F)cc2)cc1. The first-order chi connectivity index (χ1) is 20.7. The summed E-state index contributed by atoms with van der Waals surface area (Å²) in [6.45, 7) is 15.9. The molecule has 2 fully saturated rings. The molecule has 0 bridgehead atoms. The second-order valence-electron chi connectivity index (χ2n) is 14.4. The number of anilines is 1. The molecule has 1 saturated heterocycles. The number of carbonyl (C=O) groups is 1. The summed E-state index contributed by atoms with van der Waals surface area (Å²) in [5.41, 5.74) is 5.49. The highest BCUT2D eigenvalue weighted by Gasteiger charge is 2.42. The molecule has 6 nitrogen and oxygen atoms in total. The Balaban J connectivity index is 1.51. The van der Waals surface area contributed by atoms with Crippen molar-refractivity contribution >= 4 is 11.7 Å². The second kappa shape index (κ2) is 12.2. The zero-order valence-corrected chi connectivity index (χ0v) is 27.3. The van der Waals surface area contributed by atoms with Gasteiger partial charge >= 0.3 is 5.97 Å². The number of pyridine rings is 1. The number of hydrogen-bond donors (Lipinski definition) is 1. The van der Waals surface area contributed by atoms with Gasteiger partial charge in [0.05, 0.1) is 17.9 Å². The molecule has 1 unspecified atom stereocenters. The van der Waals surface area contributed by atoms with Gasteiger partial charge in [0.15, 0.2) is 6.10 Å². The number of nitrogens with zero attached hydrogens (tertiary/aromatic N) is 2. The smallest absolute Gasteiger partial charge is 0.337 e. The fraction of sp³-hybridized carbons (Fsp3) is 0.514. The number of piperidine rings is 1. The van der Waals surface area contributed by atoms with E-state index in [-0.39, 0.29) is 11.2 Å². The number of aryl methyl sites for hydroxylation is 2. The van der Waals surface area contributed by atoms with Crippen LogP contribution in [0.4, 0.5) is 10.1 Å². The minimum absolute atomic E-state index is 0.254. The second-order valence-corrected chi connectivity index (χ2v) is 14.4. The molecule has 1 spiro atoms. The number of benzene rings is 2. The molecule has 2 heterocycles. The van der Waals surface area contributed by atoms with Gasteiger partial charge in [-0.2, -0.15) is 0 Å². The highest BCUT2D eigenvalue weighted by atomic mass is 19.1. The lowest BCUT2D eigenvalue weighted by atomic mass is 9.63. The molecule has 44 heavy (non-hydrogen) atoms. The number of rotatable bonds is 9. The van der Waals surface area contributed by atoms with Crippen molar-refractivity contribution < 1.29 is 23.8 Å². The number of aliphatic carboxylic acids is 1. The molecule has 0 radical (unpaired) electrons. The van der Waals surface area contributed by atoms with E-state index in [1.807, 2.05) is 58.9 Å². The van der Waals surface area contributed by atoms with Gasteiger partial charge in [0.1, 0.15) is 11.6 Å². The van der Waals surface area contributed by atoms with E-state index in [9.17, 15) is 14.3 Å². The van der Waals surface area contributed by atoms with E-state index < -0.39 is 17.7 Å². The van der Waals surface area contributed by atoms with Crippen LogP contribution < -0.4 is 9.64 Å². The fourth-order valence-electron chi connectivity index (χ4n) is 6.77. The first-order valence-electron chi connectivity index (χ1n) is 15.8.